The van der Waals surface area contributed by atoms with Crippen LogP contribution < -0.4 is 10.6 Å². The van der Waals surface area contributed by atoms with Crippen molar-refractivity contribution in [3.05, 3.63) is 81.6 Å². The molecule has 0 fully saturated rings. The number of para-hydroxylation sites is 1. The van der Waals surface area contributed by atoms with Crippen LogP contribution in [0.2, 0.25) is 10.0 Å². The summed E-state index contributed by atoms with van der Waals surface area (Å²) in [6, 6.07) is 12.7. The van der Waals surface area contributed by atoms with Gasteiger partial charge < -0.3 is 10.6 Å². The summed E-state index contributed by atoms with van der Waals surface area (Å²) in [5.74, 6) is 7.66. The van der Waals surface area contributed by atoms with E-state index in [2.05, 4.69) is 10.2 Å². The number of nitrogens with zero attached hydrogens (tertiary/aromatic N) is 3. The number of carbonyl (C=O) groups is 1. The van der Waals surface area contributed by atoms with Crippen molar-refractivity contribution in [2.45, 2.75) is 12.1 Å². The van der Waals surface area contributed by atoms with Crippen LogP contribution in [0.5, 0.6) is 5.75 Å². The molecule has 2 N–H and O–H groups in total. The molecule has 3 rings (SSSR count). The van der Waals surface area contributed by atoms with Gasteiger partial charge in [-0.1, -0.05) is 65.3 Å². The van der Waals surface area contributed by atoms with Crippen LogP contribution in [0.3, 0.4) is 0 Å². The van der Waals surface area contributed by atoms with Gasteiger partial charge in [-0.25, -0.2) is 4.68 Å². The monoisotopic (exact) mass is 474 g/mol. The Morgan fingerprint density at radius 2 is 1.90 bits per heavy atom. The molecule has 0 aliphatic heterocycles. The fourth-order valence-corrected chi connectivity index (χ4v) is 3.53. The largest absolute Gasteiger partial charge is 0.492 e. The van der Waals surface area contributed by atoms with Gasteiger partial charge in [0.1, 0.15) is 11.6 Å². The van der Waals surface area contributed by atoms with E-state index in [1.165, 1.54) is 28.6 Å². The molecule has 2 aromatic carbocycles. The fourth-order valence-electron chi connectivity index (χ4n) is 2.50. The van der Waals surface area contributed by atoms with Crippen molar-refractivity contribution >= 4 is 52.9 Å². The van der Waals surface area contributed by atoms with Crippen molar-refractivity contribution in [3.63, 3.8) is 0 Å². The van der Waals surface area contributed by atoms with Crippen molar-refractivity contribution in [3.8, 4) is 5.75 Å². The van der Waals surface area contributed by atoms with Crippen molar-refractivity contribution in [2.75, 3.05) is 18.2 Å². The number of rotatable bonds is 9. The second kappa shape index (κ2) is 11.0. The maximum Gasteiger partial charge on any atom is 0.209 e. The summed E-state index contributed by atoms with van der Waals surface area (Å²) in [5, 5.41) is 9.47. The lowest BCUT2D eigenvalue weighted by Gasteiger charge is -2.08. The predicted octanol–water partition coefficient (Wildman–Crippen LogP) is 5.07. The van der Waals surface area contributed by atoms with Crippen LogP contribution in [-0.4, -0.2) is 33.0 Å². The normalized spacial score (nSPS) is 11.5. The highest BCUT2D eigenvalue weighted by atomic mass is 35.5. The highest BCUT2D eigenvalue weighted by molar-refractivity contribution is 7.99. The Morgan fingerprint density at radius 1 is 1.13 bits per heavy atom. The third-order valence-corrected chi connectivity index (χ3v) is 5.78. The maximum absolute atomic E-state index is 12.2. The van der Waals surface area contributed by atoms with Crippen molar-refractivity contribution in [1.82, 2.24) is 14.9 Å². The van der Waals surface area contributed by atoms with Crippen LogP contribution in [0, 0.1) is 6.92 Å². The van der Waals surface area contributed by atoms with Gasteiger partial charge in [-0.2, -0.15) is 0 Å². The molecule has 0 bridgehead atoms. The zero-order valence-electron chi connectivity index (χ0n) is 16.7. The van der Waals surface area contributed by atoms with E-state index in [0.29, 0.717) is 39.1 Å². The molecular weight excluding hydrogens is 455 g/mol. The lowest BCUT2D eigenvalue weighted by Crippen LogP contribution is -2.12. The average Bonchev–Trinajstić information content (AvgIpc) is 3.09. The third-order valence-electron chi connectivity index (χ3n) is 4.14. The highest BCUT2D eigenvalue weighted by Crippen LogP contribution is 2.23. The van der Waals surface area contributed by atoms with E-state index in [0.717, 1.165) is 11.1 Å². The number of nitrogen functional groups attached to an aromatic ring is 1. The van der Waals surface area contributed by atoms with Crippen LogP contribution in [0.1, 0.15) is 17.0 Å². The van der Waals surface area contributed by atoms with Crippen molar-refractivity contribution in [2.24, 2.45) is 0 Å². The number of carbonyl (C=O) groups excluding carboxylic acids is 1. The summed E-state index contributed by atoms with van der Waals surface area (Å²) in [6.45, 7) is 2.24. The number of ether oxygens (including phenoxy) is 1. The second-order valence-electron chi connectivity index (χ2n) is 6.38. The number of hydrogen-bond donors (Lipinski definition) is 1. The number of benzene rings is 2. The minimum atomic E-state index is -0.158. The molecule has 0 atom stereocenters. The summed E-state index contributed by atoms with van der Waals surface area (Å²) in [7, 11) is 0. The highest BCUT2D eigenvalue weighted by Gasteiger charge is 2.07. The molecular formula is C22H20Cl2N4O2S. The Morgan fingerprint density at radius 3 is 2.65 bits per heavy atom. The zero-order chi connectivity index (χ0) is 22.2. The van der Waals surface area contributed by atoms with E-state index in [9.17, 15) is 4.79 Å². The van der Waals surface area contributed by atoms with E-state index in [4.69, 9.17) is 33.8 Å². The quantitative estimate of drug-likeness (QED) is 0.201. The molecule has 1 heterocycles. The van der Waals surface area contributed by atoms with Gasteiger partial charge in [-0.05, 0) is 48.9 Å². The summed E-state index contributed by atoms with van der Waals surface area (Å²) >= 11 is 13.3. The van der Waals surface area contributed by atoms with Gasteiger partial charge in [0.25, 0.3) is 0 Å². The standard InChI is InChI=1S/C22H20Cl2N4O2S/c1-15-26-27-22(28(15)25)31-13-12-30-21-5-3-2-4-17(21)8-10-18(29)9-6-16-7-11-19(23)20(24)14-16/h2-11,14H,12-13,25H2,1H3. The van der Waals surface area contributed by atoms with Crippen LogP contribution in [0.25, 0.3) is 12.2 Å². The first-order chi connectivity index (χ1) is 14.9. The SMILES string of the molecule is Cc1nnc(SCCOc2ccccc2C=CC(=O)C=Cc2ccc(Cl)c(Cl)c2)n1N. The van der Waals surface area contributed by atoms with Crippen molar-refractivity contribution < 1.29 is 9.53 Å². The van der Waals surface area contributed by atoms with Gasteiger partial charge >= 0.3 is 0 Å². The number of nitrogens with two attached hydrogens (primary N) is 1. The van der Waals surface area contributed by atoms with Gasteiger partial charge in [-0.3, -0.25) is 4.79 Å². The summed E-state index contributed by atoms with van der Waals surface area (Å²) in [5.41, 5.74) is 1.60. The topological polar surface area (TPSA) is 83.0 Å². The Balaban J connectivity index is 1.55. The molecule has 0 aliphatic rings. The molecule has 0 radical (unpaired) electrons. The number of aromatic nitrogens is 3. The number of halogens is 2. The number of ketones is 1. The minimum absolute atomic E-state index is 0.158. The second-order valence-corrected chi connectivity index (χ2v) is 8.25. The first-order valence-electron chi connectivity index (χ1n) is 9.31. The Bertz CT molecular complexity index is 1130. The smallest absolute Gasteiger partial charge is 0.209 e. The molecule has 160 valence electrons. The Labute approximate surface area is 194 Å². The van der Waals surface area contributed by atoms with E-state index in [-0.39, 0.29) is 5.78 Å². The first kappa shape index (κ1) is 22.9. The molecule has 31 heavy (non-hydrogen) atoms. The van der Waals surface area contributed by atoms with Crippen molar-refractivity contribution in [1.29, 1.82) is 0 Å². The van der Waals surface area contributed by atoms with Crippen LogP contribution in [0.4, 0.5) is 0 Å². The van der Waals surface area contributed by atoms with Crippen LogP contribution in [-0.2, 0) is 4.79 Å². The molecule has 0 aliphatic carbocycles. The summed E-state index contributed by atoms with van der Waals surface area (Å²) in [6.07, 6.45) is 6.38. The fraction of sp³-hybridized carbons (Fsp3) is 0.136. The van der Waals surface area contributed by atoms with E-state index in [1.54, 1.807) is 37.3 Å². The predicted molar refractivity (Wildman–Crippen MR) is 127 cm³/mol. The Hall–Kier alpha value is -2.74. The van der Waals surface area contributed by atoms with Crippen LogP contribution in [0.15, 0.2) is 59.8 Å². The average molecular weight is 475 g/mol. The van der Waals surface area contributed by atoms with Crippen LogP contribution >= 0.6 is 35.0 Å². The minimum Gasteiger partial charge on any atom is -0.492 e. The Kier molecular flexibility index (Phi) is 8.17. The molecule has 0 unspecified atom stereocenters. The summed E-state index contributed by atoms with van der Waals surface area (Å²) < 4.78 is 7.31. The van der Waals surface area contributed by atoms with Gasteiger partial charge in [0.15, 0.2) is 5.78 Å². The maximum atomic E-state index is 12.2. The molecule has 3 aromatic rings. The molecule has 0 saturated heterocycles. The molecule has 0 amide bonds. The number of aryl methyl sites for hydroxylation is 1. The molecule has 6 nitrogen and oxygen atoms in total. The van der Waals surface area contributed by atoms with Gasteiger partial charge in [-0.15, -0.1) is 10.2 Å². The molecule has 9 heteroatoms. The van der Waals surface area contributed by atoms with E-state index >= 15 is 0 Å². The van der Waals surface area contributed by atoms with Gasteiger partial charge in [0.2, 0.25) is 5.16 Å². The van der Waals surface area contributed by atoms with E-state index < -0.39 is 0 Å². The lowest BCUT2D eigenvalue weighted by atomic mass is 10.1. The third kappa shape index (κ3) is 6.62. The van der Waals surface area contributed by atoms with E-state index in [1.807, 2.05) is 24.3 Å². The van der Waals surface area contributed by atoms with Gasteiger partial charge in [0.05, 0.1) is 16.7 Å². The van der Waals surface area contributed by atoms with Gasteiger partial charge in [0, 0.05) is 11.3 Å². The number of thioether (sulfide) groups is 1. The molecule has 1 aromatic heterocycles. The summed E-state index contributed by atoms with van der Waals surface area (Å²) in [4.78, 5) is 12.2. The lowest BCUT2D eigenvalue weighted by molar-refractivity contribution is -0.110. The zero-order valence-corrected chi connectivity index (χ0v) is 19.0. The molecule has 0 spiro atoms. The number of allylic oxidation sites excluding steroid dienone is 2. The first-order valence-corrected chi connectivity index (χ1v) is 11.0. The number of hydrogen-bond acceptors (Lipinski definition) is 6. The molecule has 0 saturated carbocycles.